The molecular weight excluding hydrogens is 210 g/mol. The van der Waals surface area contributed by atoms with Crippen molar-refractivity contribution in [3.63, 3.8) is 0 Å². The third kappa shape index (κ3) is 3.16. The number of methoxy groups -OCH3 is 1. The van der Waals surface area contributed by atoms with E-state index in [2.05, 4.69) is 9.97 Å². The third-order valence-electron chi connectivity index (χ3n) is 2.13. The molecule has 0 amide bonds. The van der Waals surface area contributed by atoms with E-state index in [9.17, 15) is 4.79 Å². The predicted molar refractivity (Wildman–Crippen MR) is 58.8 cm³/mol. The van der Waals surface area contributed by atoms with Crippen LogP contribution >= 0.6 is 0 Å². The Bertz CT molecular complexity index is 340. The molecule has 0 bridgehead atoms. The molecule has 1 aromatic heterocycles. The Labute approximate surface area is 93.9 Å². The first-order valence-corrected chi connectivity index (χ1v) is 4.98. The summed E-state index contributed by atoms with van der Waals surface area (Å²) in [7, 11) is 1.63. The van der Waals surface area contributed by atoms with Gasteiger partial charge in [-0.3, -0.25) is 0 Å². The van der Waals surface area contributed by atoms with Gasteiger partial charge in [-0.15, -0.1) is 0 Å². The number of likely N-dealkylation sites (N-methyl/N-ethyl adjacent to an activating group) is 1. The van der Waals surface area contributed by atoms with Gasteiger partial charge in [0.25, 0.3) is 0 Å². The van der Waals surface area contributed by atoms with Crippen LogP contribution in [-0.2, 0) is 4.74 Å². The summed E-state index contributed by atoms with van der Waals surface area (Å²) in [5, 5.41) is 8.68. The van der Waals surface area contributed by atoms with E-state index < -0.39 is 5.97 Å². The lowest BCUT2D eigenvalue weighted by atomic mass is 10.4. The van der Waals surface area contributed by atoms with Gasteiger partial charge in [0.05, 0.1) is 19.0 Å². The van der Waals surface area contributed by atoms with E-state index in [4.69, 9.17) is 9.84 Å². The van der Waals surface area contributed by atoms with Crippen LogP contribution in [0.15, 0.2) is 12.4 Å². The van der Waals surface area contributed by atoms with Crippen molar-refractivity contribution < 1.29 is 14.6 Å². The van der Waals surface area contributed by atoms with E-state index in [0.29, 0.717) is 19.0 Å². The van der Waals surface area contributed by atoms with Crippen LogP contribution in [0.1, 0.15) is 17.4 Å². The summed E-state index contributed by atoms with van der Waals surface area (Å²) >= 11 is 0. The monoisotopic (exact) mass is 225 g/mol. The largest absolute Gasteiger partial charge is 0.476 e. The van der Waals surface area contributed by atoms with Crippen molar-refractivity contribution in [3.05, 3.63) is 18.1 Å². The summed E-state index contributed by atoms with van der Waals surface area (Å²) < 4.78 is 4.97. The Balaban J connectivity index is 2.74. The van der Waals surface area contributed by atoms with Crippen molar-refractivity contribution in [1.29, 1.82) is 0 Å². The number of hydrogen-bond donors (Lipinski definition) is 1. The van der Waals surface area contributed by atoms with Crippen molar-refractivity contribution in [3.8, 4) is 0 Å². The van der Waals surface area contributed by atoms with Gasteiger partial charge < -0.3 is 14.7 Å². The Morgan fingerprint density at radius 2 is 2.25 bits per heavy atom. The molecule has 1 aromatic rings. The van der Waals surface area contributed by atoms with E-state index in [1.807, 2.05) is 11.8 Å². The predicted octanol–water partition coefficient (Wildman–Crippen LogP) is 0.647. The first kappa shape index (κ1) is 12.4. The summed E-state index contributed by atoms with van der Waals surface area (Å²) in [4.78, 5) is 20.4. The van der Waals surface area contributed by atoms with Crippen LogP contribution in [0.2, 0.25) is 0 Å². The summed E-state index contributed by atoms with van der Waals surface area (Å²) in [6.07, 6.45) is 2.72. The maximum atomic E-state index is 10.6. The molecule has 88 valence electrons. The number of carboxylic acid groups (broad SMARTS) is 1. The van der Waals surface area contributed by atoms with Crippen molar-refractivity contribution in [1.82, 2.24) is 9.97 Å². The number of carbonyl (C=O) groups is 1. The second kappa shape index (κ2) is 6.02. The normalized spacial score (nSPS) is 10.1. The lowest BCUT2D eigenvalue weighted by molar-refractivity contribution is 0.0690. The van der Waals surface area contributed by atoms with Crippen LogP contribution in [0.5, 0.6) is 0 Å². The molecule has 0 saturated heterocycles. The molecule has 0 aliphatic heterocycles. The SMILES string of the molecule is CCN(CCOC)c1cnc(C(=O)O)cn1. The number of ether oxygens (including phenoxy) is 1. The van der Waals surface area contributed by atoms with Crippen LogP contribution in [0.25, 0.3) is 0 Å². The average molecular weight is 225 g/mol. The van der Waals surface area contributed by atoms with Gasteiger partial charge in [0.2, 0.25) is 0 Å². The zero-order valence-corrected chi connectivity index (χ0v) is 9.38. The van der Waals surface area contributed by atoms with Gasteiger partial charge in [-0.2, -0.15) is 0 Å². The molecule has 0 aliphatic rings. The maximum Gasteiger partial charge on any atom is 0.356 e. The number of anilines is 1. The molecule has 16 heavy (non-hydrogen) atoms. The minimum absolute atomic E-state index is 0.0495. The molecule has 6 heteroatoms. The molecule has 0 spiro atoms. The second-order valence-corrected chi connectivity index (χ2v) is 3.14. The van der Waals surface area contributed by atoms with E-state index in [1.165, 1.54) is 12.4 Å². The highest BCUT2D eigenvalue weighted by Gasteiger charge is 2.08. The van der Waals surface area contributed by atoms with Crippen LogP contribution in [-0.4, -0.2) is 47.8 Å². The van der Waals surface area contributed by atoms with Crippen molar-refractivity contribution in [2.24, 2.45) is 0 Å². The number of carboxylic acids is 1. The van der Waals surface area contributed by atoms with Gasteiger partial charge in [-0.25, -0.2) is 14.8 Å². The van der Waals surface area contributed by atoms with Gasteiger partial charge in [-0.1, -0.05) is 0 Å². The molecule has 1 rings (SSSR count). The number of aromatic nitrogens is 2. The summed E-state index contributed by atoms with van der Waals surface area (Å²) in [5.74, 6) is -0.413. The molecule has 6 nitrogen and oxygen atoms in total. The molecule has 0 saturated carbocycles. The quantitative estimate of drug-likeness (QED) is 0.766. The first-order valence-electron chi connectivity index (χ1n) is 4.98. The fourth-order valence-corrected chi connectivity index (χ4v) is 1.23. The van der Waals surface area contributed by atoms with Crippen molar-refractivity contribution >= 4 is 11.8 Å². The zero-order chi connectivity index (χ0) is 12.0. The summed E-state index contributed by atoms with van der Waals surface area (Å²) in [5.41, 5.74) is -0.0495. The van der Waals surface area contributed by atoms with E-state index in [0.717, 1.165) is 6.54 Å². The lowest BCUT2D eigenvalue weighted by Crippen LogP contribution is -2.27. The highest BCUT2D eigenvalue weighted by Crippen LogP contribution is 2.08. The molecule has 0 fully saturated rings. The number of rotatable bonds is 6. The zero-order valence-electron chi connectivity index (χ0n) is 9.38. The Hall–Kier alpha value is -1.69. The Morgan fingerprint density at radius 1 is 1.50 bits per heavy atom. The molecule has 0 aliphatic carbocycles. The number of nitrogens with zero attached hydrogens (tertiary/aromatic N) is 3. The fourth-order valence-electron chi connectivity index (χ4n) is 1.23. The molecular formula is C10H15N3O3. The van der Waals surface area contributed by atoms with Gasteiger partial charge in [0.15, 0.2) is 5.69 Å². The minimum Gasteiger partial charge on any atom is -0.476 e. The topological polar surface area (TPSA) is 75.5 Å². The first-order chi connectivity index (χ1) is 7.69. The average Bonchev–Trinajstić information content (AvgIpc) is 2.30. The fraction of sp³-hybridized carbons (Fsp3) is 0.500. The highest BCUT2D eigenvalue weighted by molar-refractivity contribution is 5.84. The minimum atomic E-state index is -1.07. The van der Waals surface area contributed by atoms with Crippen LogP contribution in [0.3, 0.4) is 0 Å². The molecule has 0 unspecified atom stereocenters. The van der Waals surface area contributed by atoms with E-state index >= 15 is 0 Å². The van der Waals surface area contributed by atoms with Crippen molar-refractivity contribution in [2.45, 2.75) is 6.92 Å². The summed E-state index contributed by atoms with van der Waals surface area (Å²) in [6.45, 7) is 4.05. The molecule has 0 radical (unpaired) electrons. The summed E-state index contributed by atoms with van der Waals surface area (Å²) in [6, 6.07) is 0. The Kier molecular flexibility index (Phi) is 4.65. The molecule has 1 N–H and O–H groups in total. The van der Waals surface area contributed by atoms with Gasteiger partial charge >= 0.3 is 5.97 Å². The smallest absolute Gasteiger partial charge is 0.356 e. The van der Waals surface area contributed by atoms with Crippen LogP contribution < -0.4 is 4.90 Å². The lowest BCUT2D eigenvalue weighted by Gasteiger charge is -2.20. The standard InChI is InChI=1S/C10H15N3O3/c1-3-13(4-5-16-2)9-7-11-8(6-12-9)10(14)15/h6-7H,3-5H2,1-2H3,(H,14,15). The molecule has 0 aromatic carbocycles. The van der Waals surface area contributed by atoms with E-state index in [-0.39, 0.29) is 5.69 Å². The van der Waals surface area contributed by atoms with Gasteiger partial charge in [0, 0.05) is 20.2 Å². The highest BCUT2D eigenvalue weighted by atomic mass is 16.5. The van der Waals surface area contributed by atoms with Crippen LogP contribution in [0.4, 0.5) is 5.82 Å². The van der Waals surface area contributed by atoms with Crippen LogP contribution in [0, 0.1) is 0 Å². The Morgan fingerprint density at radius 3 is 2.69 bits per heavy atom. The van der Waals surface area contributed by atoms with E-state index in [1.54, 1.807) is 7.11 Å². The second-order valence-electron chi connectivity index (χ2n) is 3.14. The third-order valence-corrected chi connectivity index (χ3v) is 2.13. The molecule has 1 heterocycles. The maximum absolute atomic E-state index is 10.6. The van der Waals surface area contributed by atoms with Gasteiger partial charge in [-0.05, 0) is 6.92 Å². The van der Waals surface area contributed by atoms with Crippen molar-refractivity contribution in [2.75, 3.05) is 31.7 Å². The number of hydrogen-bond acceptors (Lipinski definition) is 5. The van der Waals surface area contributed by atoms with Gasteiger partial charge in [0.1, 0.15) is 5.82 Å². The molecule has 0 atom stereocenters. The number of aromatic carboxylic acids is 1.